The van der Waals surface area contributed by atoms with Gasteiger partial charge in [-0.1, -0.05) is 24.2 Å². The van der Waals surface area contributed by atoms with Crippen molar-refractivity contribution in [1.29, 1.82) is 0 Å². The van der Waals surface area contributed by atoms with Gasteiger partial charge in [-0.25, -0.2) is 0 Å². The molecular weight excluding hydrogens is 274 g/mol. The molecule has 0 aliphatic carbocycles. The zero-order valence-corrected chi connectivity index (χ0v) is 11.5. The second-order valence-electron chi connectivity index (χ2n) is 4.30. The molecule has 2 aromatic heterocycles. The standard InChI is InChI=1S/C14H13N3O4/c1-3-11(18)15-14-17-16-13(21-14)10-7-8-5-4-6-9(19-2)12(8)20-10/h4-7H,3H2,1-2H3,(H,15,17,18). The normalized spacial score (nSPS) is 10.8. The van der Waals surface area contributed by atoms with Crippen LogP contribution in [0.3, 0.4) is 0 Å². The number of ether oxygens (including phenoxy) is 1. The number of benzene rings is 1. The first kappa shape index (κ1) is 13.2. The highest BCUT2D eigenvalue weighted by molar-refractivity contribution is 5.88. The highest BCUT2D eigenvalue weighted by Gasteiger charge is 2.16. The number of rotatable bonds is 4. The minimum Gasteiger partial charge on any atom is -0.493 e. The first-order chi connectivity index (χ1) is 10.2. The van der Waals surface area contributed by atoms with Gasteiger partial charge >= 0.3 is 6.01 Å². The second kappa shape index (κ2) is 5.28. The molecule has 7 nitrogen and oxygen atoms in total. The van der Waals surface area contributed by atoms with Crippen molar-refractivity contribution in [2.75, 3.05) is 12.4 Å². The molecule has 0 saturated heterocycles. The number of nitrogens with one attached hydrogen (secondary N) is 1. The van der Waals surface area contributed by atoms with Crippen LogP contribution in [0.15, 0.2) is 33.1 Å². The van der Waals surface area contributed by atoms with Crippen LogP contribution >= 0.6 is 0 Å². The molecule has 0 aliphatic rings. The third-order valence-electron chi connectivity index (χ3n) is 2.93. The summed E-state index contributed by atoms with van der Waals surface area (Å²) < 4.78 is 16.3. The van der Waals surface area contributed by atoms with Gasteiger partial charge in [0.05, 0.1) is 7.11 Å². The first-order valence-corrected chi connectivity index (χ1v) is 6.41. The van der Waals surface area contributed by atoms with E-state index >= 15 is 0 Å². The summed E-state index contributed by atoms with van der Waals surface area (Å²) in [7, 11) is 1.57. The van der Waals surface area contributed by atoms with Crippen molar-refractivity contribution < 1.29 is 18.4 Å². The Bertz CT molecular complexity index is 790. The largest absolute Gasteiger partial charge is 0.493 e. The minimum atomic E-state index is -0.198. The number of furan rings is 1. The van der Waals surface area contributed by atoms with Crippen LogP contribution in [-0.4, -0.2) is 23.2 Å². The highest BCUT2D eigenvalue weighted by atomic mass is 16.5. The van der Waals surface area contributed by atoms with E-state index in [1.807, 2.05) is 12.1 Å². The van der Waals surface area contributed by atoms with E-state index in [0.29, 0.717) is 23.5 Å². The van der Waals surface area contributed by atoms with Crippen molar-refractivity contribution in [3.63, 3.8) is 0 Å². The summed E-state index contributed by atoms with van der Waals surface area (Å²) in [6.45, 7) is 1.73. The molecule has 0 fully saturated rings. The third-order valence-corrected chi connectivity index (χ3v) is 2.93. The van der Waals surface area contributed by atoms with Crippen molar-refractivity contribution in [2.24, 2.45) is 0 Å². The molecule has 1 N–H and O–H groups in total. The molecule has 0 spiro atoms. The lowest BCUT2D eigenvalue weighted by atomic mass is 10.2. The summed E-state index contributed by atoms with van der Waals surface area (Å²) in [5.41, 5.74) is 0.604. The van der Waals surface area contributed by atoms with Gasteiger partial charge in [0, 0.05) is 11.8 Å². The molecular formula is C14H13N3O4. The Balaban J connectivity index is 1.95. The quantitative estimate of drug-likeness (QED) is 0.793. The van der Waals surface area contributed by atoms with E-state index in [4.69, 9.17) is 13.6 Å². The minimum absolute atomic E-state index is 0.0456. The van der Waals surface area contributed by atoms with Gasteiger partial charge in [-0.05, 0) is 12.1 Å². The molecule has 1 aromatic carbocycles. The van der Waals surface area contributed by atoms with Gasteiger partial charge in [0.15, 0.2) is 17.1 Å². The predicted molar refractivity (Wildman–Crippen MR) is 75.0 cm³/mol. The summed E-state index contributed by atoms with van der Waals surface area (Å²) in [6, 6.07) is 7.37. The number of aromatic nitrogens is 2. The predicted octanol–water partition coefficient (Wildman–Crippen LogP) is 2.84. The van der Waals surface area contributed by atoms with Crippen molar-refractivity contribution in [3.05, 3.63) is 24.3 Å². The van der Waals surface area contributed by atoms with Gasteiger partial charge in [-0.15, -0.1) is 5.10 Å². The maximum absolute atomic E-state index is 11.3. The van der Waals surface area contributed by atoms with Crippen LogP contribution in [0, 0.1) is 0 Å². The zero-order valence-electron chi connectivity index (χ0n) is 11.5. The van der Waals surface area contributed by atoms with E-state index in [0.717, 1.165) is 5.39 Å². The van der Waals surface area contributed by atoms with E-state index in [2.05, 4.69) is 15.5 Å². The fourth-order valence-corrected chi connectivity index (χ4v) is 1.88. The average molecular weight is 287 g/mol. The second-order valence-corrected chi connectivity index (χ2v) is 4.30. The van der Waals surface area contributed by atoms with Gasteiger partial charge < -0.3 is 13.6 Å². The average Bonchev–Trinajstić information content (AvgIpc) is 3.12. The van der Waals surface area contributed by atoms with Crippen LogP contribution in [0.4, 0.5) is 6.01 Å². The van der Waals surface area contributed by atoms with Crippen LogP contribution in [0.1, 0.15) is 13.3 Å². The Morgan fingerprint density at radius 3 is 2.95 bits per heavy atom. The smallest absolute Gasteiger partial charge is 0.322 e. The number of fused-ring (bicyclic) bond motifs is 1. The molecule has 3 aromatic rings. The van der Waals surface area contributed by atoms with Gasteiger partial charge in [-0.2, -0.15) is 0 Å². The topological polar surface area (TPSA) is 90.4 Å². The molecule has 21 heavy (non-hydrogen) atoms. The number of para-hydroxylation sites is 1. The number of carbonyl (C=O) groups excluding carboxylic acids is 1. The molecule has 2 heterocycles. The maximum atomic E-state index is 11.3. The Labute approximate surface area is 119 Å². The van der Waals surface area contributed by atoms with Crippen LogP contribution in [0.5, 0.6) is 5.75 Å². The fraction of sp³-hybridized carbons (Fsp3) is 0.214. The van der Waals surface area contributed by atoms with Gasteiger partial charge in [0.25, 0.3) is 5.89 Å². The first-order valence-electron chi connectivity index (χ1n) is 6.41. The molecule has 3 rings (SSSR count). The number of carbonyl (C=O) groups is 1. The van der Waals surface area contributed by atoms with Crippen molar-refractivity contribution in [1.82, 2.24) is 10.2 Å². The number of anilines is 1. The van der Waals surface area contributed by atoms with Crippen LogP contribution < -0.4 is 10.1 Å². The SMILES string of the molecule is CCC(=O)Nc1nnc(-c2cc3cccc(OC)c3o2)o1. The van der Waals surface area contributed by atoms with Crippen LogP contribution in [-0.2, 0) is 4.79 Å². The Morgan fingerprint density at radius 1 is 1.33 bits per heavy atom. The molecule has 108 valence electrons. The van der Waals surface area contributed by atoms with E-state index in [1.54, 1.807) is 26.2 Å². The van der Waals surface area contributed by atoms with Crippen LogP contribution in [0.2, 0.25) is 0 Å². The van der Waals surface area contributed by atoms with Gasteiger partial charge in [0.1, 0.15) is 0 Å². The number of amides is 1. The lowest BCUT2D eigenvalue weighted by molar-refractivity contribution is -0.116. The third kappa shape index (κ3) is 2.45. The molecule has 0 bridgehead atoms. The Kier molecular flexibility index (Phi) is 3.31. The number of hydrogen-bond acceptors (Lipinski definition) is 6. The summed E-state index contributed by atoms with van der Waals surface area (Å²) in [6.07, 6.45) is 0.333. The molecule has 0 radical (unpaired) electrons. The lowest BCUT2D eigenvalue weighted by Crippen LogP contribution is -2.09. The number of nitrogens with zero attached hydrogens (tertiary/aromatic N) is 2. The maximum Gasteiger partial charge on any atom is 0.322 e. The lowest BCUT2D eigenvalue weighted by Gasteiger charge is -1.98. The summed E-state index contributed by atoms with van der Waals surface area (Å²) in [5, 5.41) is 11.0. The van der Waals surface area contributed by atoms with E-state index < -0.39 is 0 Å². The molecule has 0 unspecified atom stereocenters. The molecule has 7 heteroatoms. The monoisotopic (exact) mass is 287 g/mol. The Hall–Kier alpha value is -2.83. The summed E-state index contributed by atoms with van der Waals surface area (Å²) >= 11 is 0. The molecule has 1 amide bonds. The van der Waals surface area contributed by atoms with E-state index in [-0.39, 0.29) is 17.8 Å². The van der Waals surface area contributed by atoms with Crippen molar-refractivity contribution in [2.45, 2.75) is 13.3 Å². The van der Waals surface area contributed by atoms with Crippen LogP contribution in [0.25, 0.3) is 22.6 Å². The van der Waals surface area contributed by atoms with E-state index in [9.17, 15) is 4.79 Å². The zero-order chi connectivity index (χ0) is 14.8. The molecule has 0 aliphatic heterocycles. The van der Waals surface area contributed by atoms with Crippen molar-refractivity contribution >= 4 is 22.9 Å². The van der Waals surface area contributed by atoms with Gasteiger partial charge in [-0.3, -0.25) is 10.1 Å². The van der Waals surface area contributed by atoms with Gasteiger partial charge in [0.2, 0.25) is 5.91 Å². The number of hydrogen-bond donors (Lipinski definition) is 1. The summed E-state index contributed by atoms with van der Waals surface area (Å²) in [4.78, 5) is 11.3. The molecule has 0 saturated carbocycles. The summed E-state index contributed by atoms with van der Waals surface area (Å²) in [5.74, 6) is 1.04. The van der Waals surface area contributed by atoms with Crippen molar-refractivity contribution in [3.8, 4) is 17.4 Å². The number of methoxy groups -OCH3 is 1. The molecule has 0 atom stereocenters. The van der Waals surface area contributed by atoms with E-state index in [1.165, 1.54) is 0 Å². The fourth-order valence-electron chi connectivity index (χ4n) is 1.88. The highest BCUT2D eigenvalue weighted by Crippen LogP contribution is 2.33. The Morgan fingerprint density at radius 2 is 2.19 bits per heavy atom.